The molecule has 2 amide bonds. The highest BCUT2D eigenvalue weighted by atomic mass is 32.2. The van der Waals surface area contributed by atoms with Gasteiger partial charge >= 0.3 is 6.03 Å². The lowest BCUT2D eigenvalue weighted by Gasteiger charge is -2.35. The van der Waals surface area contributed by atoms with E-state index in [1.54, 1.807) is 0 Å². The van der Waals surface area contributed by atoms with Gasteiger partial charge in [0.1, 0.15) is 10.6 Å². The van der Waals surface area contributed by atoms with Crippen molar-refractivity contribution < 1.29 is 17.9 Å². The van der Waals surface area contributed by atoms with Crippen LogP contribution in [-0.4, -0.2) is 61.5 Å². The number of benzene rings is 1. The van der Waals surface area contributed by atoms with Gasteiger partial charge in [-0.15, -0.1) is 0 Å². The number of morpholine rings is 1. The Morgan fingerprint density at radius 2 is 1.79 bits per heavy atom. The van der Waals surface area contributed by atoms with E-state index >= 15 is 0 Å². The Morgan fingerprint density at radius 3 is 2.42 bits per heavy atom. The van der Waals surface area contributed by atoms with Gasteiger partial charge in [0, 0.05) is 29.9 Å². The Kier molecular flexibility index (Phi) is 6.80. The molecule has 0 radical (unpaired) electrons. The first kappa shape index (κ1) is 25.6. The van der Waals surface area contributed by atoms with Gasteiger partial charge in [-0.25, -0.2) is 23.2 Å². The largest absolute Gasteiger partial charge is 0.377 e. The van der Waals surface area contributed by atoms with Gasteiger partial charge in [0.25, 0.3) is 0 Å². The summed E-state index contributed by atoms with van der Waals surface area (Å²) in [6, 6.07) is 9.55. The van der Waals surface area contributed by atoms with Crippen LogP contribution in [0.2, 0.25) is 0 Å². The Morgan fingerprint density at radius 1 is 1.05 bits per heavy atom. The van der Waals surface area contributed by atoms with Crippen molar-refractivity contribution in [2.75, 3.05) is 30.0 Å². The maximum absolute atomic E-state index is 13.8. The highest BCUT2D eigenvalue weighted by molar-refractivity contribution is 7.93. The maximum Gasteiger partial charge on any atom is 0.319 e. The number of anilines is 2. The molecule has 1 saturated heterocycles. The average molecular weight is 540 g/mol. The third-order valence-electron chi connectivity index (χ3n) is 8.67. The van der Waals surface area contributed by atoms with Crippen LogP contribution in [0.1, 0.15) is 70.4 Å². The highest BCUT2D eigenvalue weighted by Gasteiger charge is 2.59. The number of carbonyl (C=O) groups is 1. The molecule has 1 aromatic heterocycles. The van der Waals surface area contributed by atoms with Crippen molar-refractivity contribution in [3.63, 3.8) is 0 Å². The summed E-state index contributed by atoms with van der Waals surface area (Å²) >= 11 is 0. The zero-order valence-electron chi connectivity index (χ0n) is 22.0. The fourth-order valence-electron chi connectivity index (χ4n) is 5.94. The van der Waals surface area contributed by atoms with Crippen molar-refractivity contribution in [3.8, 4) is 11.4 Å². The van der Waals surface area contributed by atoms with E-state index in [0.29, 0.717) is 49.8 Å². The first-order valence-corrected chi connectivity index (χ1v) is 15.6. The topological polar surface area (TPSA) is 114 Å². The fourth-order valence-corrected chi connectivity index (χ4v) is 8.60. The number of ether oxygens (including phenoxy) is 1. The number of rotatable bonds is 7. The number of amides is 2. The molecule has 4 fully saturated rings. The highest BCUT2D eigenvalue weighted by Crippen LogP contribution is 2.55. The molecule has 4 aliphatic rings. The monoisotopic (exact) mass is 539 g/mol. The second-order valence-electron chi connectivity index (χ2n) is 11.3. The van der Waals surface area contributed by atoms with Crippen molar-refractivity contribution in [1.82, 2.24) is 15.3 Å². The predicted octanol–water partition coefficient (Wildman–Crippen LogP) is 4.39. The summed E-state index contributed by atoms with van der Waals surface area (Å²) in [6.07, 6.45) is 7.89. The zero-order chi connectivity index (χ0) is 26.3. The molecule has 6 rings (SSSR count). The first-order chi connectivity index (χ1) is 18.4. The van der Waals surface area contributed by atoms with E-state index < -0.39 is 14.6 Å². The Labute approximate surface area is 224 Å². The van der Waals surface area contributed by atoms with Crippen LogP contribution in [-0.2, 0) is 19.3 Å². The van der Waals surface area contributed by atoms with Crippen molar-refractivity contribution in [2.45, 2.75) is 86.8 Å². The number of urea groups is 1. The second kappa shape index (κ2) is 10.1. The van der Waals surface area contributed by atoms with Crippen molar-refractivity contribution in [1.29, 1.82) is 0 Å². The molecule has 2 heterocycles. The lowest BCUT2D eigenvalue weighted by atomic mass is 9.93. The Bertz CT molecular complexity index is 1280. The fraction of sp³-hybridized carbons (Fsp3) is 0.607. The third-order valence-corrected chi connectivity index (χ3v) is 11.7. The van der Waals surface area contributed by atoms with E-state index in [4.69, 9.17) is 14.7 Å². The molecule has 204 valence electrons. The van der Waals surface area contributed by atoms with Gasteiger partial charge in [0.15, 0.2) is 15.7 Å². The Balaban J connectivity index is 1.32. The van der Waals surface area contributed by atoms with Crippen molar-refractivity contribution in [3.05, 3.63) is 36.0 Å². The quantitative estimate of drug-likeness (QED) is 0.536. The molecular formula is C28H37N5O4S. The molecule has 0 unspecified atom stereocenters. The summed E-state index contributed by atoms with van der Waals surface area (Å²) in [6.45, 7) is 3.99. The van der Waals surface area contributed by atoms with Crippen LogP contribution < -0.4 is 15.5 Å². The molecule has 3 saturated carbocycles. The number of aromatic nitrogens is 2. The number of sulfone groups is 1. The van der Waals surface area contributed by atoms with Gasteiger partial charge in [0.05, 0.1) is 30.2 Å². The van der Waals surface area contributed by atoms with Crippen molar-refractivity contribution >= 4 is 27.4 Å². The summed E-state index contributed by atoms with van der Waals surface area (Å²) in [4.78, 5) is 24.3. The number of carbonyl (C=O) groups excluding carboxylic acids is 1. The molecule has 0 bridgehead atoms. The molecule has 38 heavy (non-hydrogen) atoms. The van der Waals surface area contributed by atoms with E-state index in [0.717, 1.165) is 56.3 Å². The third kappa shape index (κ3) is 4.77. The minimum Gasteiger partial charge on any atom is -0.377 e. The Hall–Kier alpha value is -2.72. The second-order valence-corrected chi connectivity index (χ2v) is 13.8. The molecule has 1 aromatic carbocycles. The van der Waals surface area contributed by atoms with Gasteiger partial charge in [-0.2, -0.15) is 0 Å². The van der Waals surface area contributed by atoms with Crippen LogP contribution in [0, 0.1) is 0 Å². The number of hydrogen-bond donors (Lipinski definition) is 2. The molecular weight excluding hydrogens is 502 g/mol. The summed E-state index contributed by atoms with van der Waals surface area (Å²) in [7, 11) is -3.36. The lowest BCUT2D eigenvalue weighted by Crippen LogP contribution is -2.44. The SMILES string of the molecule is C[C@H]1COCCN1c1cc(C2(S(=O)(=O)C3CCCC3)CC2)nc(-c2ccc(NC(=O)NC3CCC3)cc2)n1. The zero-order valence-corrected chi connectivity index (χ0v) is 22.8. The number of nitrogens with one attached hydrogen (secondary N) is 2. The van der Waals surface area contributed by atoms with Crippen LogP contribution in [0.4, 0.5) is 16.3 Å². The molecule has 1 atom stereocenters. The minimum atomic E-state index is -3.36. The summed E-state index contributed by atoms with van der Waals surface area (Å²) in [5.74, 6) is 1.25. The van der Waals surface area contributed by atoms with Gasteiger partial charge in [0.2, 0.25) is 0 Å². The minimum absolute atomic E-state index is 0.127. The summed E-state index contributed by atoms with van der Waals surface area (Å²) in [5, 5.41) is 5.60. The summed E-state index contributed by atoms with van der Waals surface area (Å²) in [5.41, 5.74) is 2.09. The van der Waals surface area contributed by atoms with Crippen LogP contribution in [0.25, 0.3) is 11.4 Å². The van der Waals surface area contributed by atoms with E-state index in [-0.39, 0.29) is 23.4 Å². The molecule has 2 N–H and O–H groups in total. The molecule has 10 heteroatoms. The van der Waals surface area contributed by atoms with Crippen LogP contribution in [0.3, 0.4) is 0 Å². The number of nitrogens with zero attached hydrogens (tertiary/aromatic N) is 3. The molecule has 0 spiro atoms. The predicted molar refractivity (Wildman–Crippen MR) is 147 cm³/mol. The van der Waals surface area contributed by atoms with E-state index in [9.17, 15) is 13.2 Å². The average Bonchev–Trinajstić information content (AvgIpc) is 3.53. The van der Waals surface area contributed by atoms with Gasteiger partial charge < -0.3 is 20.3 Å². The smallest absolute Gasteiger partial charge is 0.319 e. The summed E-state index contributed by atoms with van der Waals surface area (Å²) < 4.78 is 32.4. The standard InChI is InChI=1S/C28H37N5O4S/c1-19-18-37-16-15-33(19)25-17-24(28(13-14-28)38(35,36)23-7-2-3-8-23)31-26(32-25)20-9-11-22(12-10-20)30-27(34)29-21-5-4-6-21/h9-12,17,19,21,23H,2-8,13-16,18H2,1H3,(H2,29,30,34)/t19-/m0/s1. The molecule has 2 aromatic rings. The van der Waals surface area contributed by atoms with Gasteiger partial charge in [-0.05, 0) is 76.1 Å². The van der Waals surface area contributed by atoms with E-state index in [2.05, 4.69) is 22.5 Å². The van der Waals surface area contributed by atoms with Gasteiger partial charge in [-0.3, -0.25) is 0 Å². The molecule has 9 nitrogen and oxygen atoms in total. The first-order valence-electron chi connectivity index (χ1n) is 14.0. The van der Waals surface area contributed by atoms with Crippen LogP contribution in [0.15, 0.2) is 30.3 Å². The number of hydrogen-bond acceptors (Lipinski definition) is 7. The maximum atomic E-state index is 13.8. The van der Waals surface area contributed by atoms with Crippen LogP contribution in [0.5, 0.6) is 0 Å². The molecule has 3 aliphatic carbocycles. The normalized spacial score (nSPS) is 23.6. The van der Waals surface area contributed by atoms with Crippen molar-refractivity contribution in [2.24, 2.45) is 0 Å². The van der Waals surface area contributed by atoms with E-state index in [1.165, 1.54) is 0 Å². The van der Waals surface area contributed by atoms with Crippen LogP contribution >= 0.6 is 0 Å². The van der Waals surface area contributed by atoms with E-state index in [1.807, 2.05) is 30.3 Å². The lowest BCUT2D eigenvalue weighted by molar-refractivity contribution is 0.0985. The van der Waals surface area contributed by atoms with Gasteiger partial charge in [-0.1, -0.05) is 12.8 Å². The molecule has 1 aliphatic heterocycles.